The van der Waals surface area contributed by atoms with E-state index >= 15 is 0 Å². The number of aromatic hydroxyl groups is 3. The van der Waals surface area contributed by atoms with Gasteiger partial charge in [-0.1, -0.05) is 15.9 Å². The average molecular weight is 482 g/mol. The first-order valence-corrected chi connectivity index (χ1v) is 10.6. The highest BCUT2D eigenvalue weighted by Gasteiger charge is 1.97. The molecule has 3 N–H and O–H groups in total. The number of hydrogen-bond acceptors (Lipinski definition) is 4. The molecule has 0 aromatic heterocycles. The third kappa shape index (κ3) is 14.4. The van der Waals surface area contributed by atoms with Gasteiger partial charge in [0, 0.05) is 29.2 Å². The molecular formula is C20H27BrCl2O4. The van der Waals surface area contributed by atoms with Gasteiger partial charge in [-0.05, 0) is 62.1 Å². The van der Waals surface area contributed by atoms with Gasteiger partial charge in [0.25, 0.3) is 0 Å². The molecular weight excluding hydrogens is 455 g/mol. The van der Waals surface area contributed by atoms with Crippen molar-refractivity contribution in [1.29, 1.82) is 0 Å². The molecule has 7 heteroatoms. The minimum absolute atomic E-state index is 0.104. The normalized spacial score (nSPS) is 9.52. The topological polar surface area (TPSA) is 69.9 Å². The summed E-state index contributed by atoms with van der Waals surface area (Å²) >= 11 is 14.0. The molecule has 0 aliphatic rings. The number of phenolic OH excluding ortho intramolecular Hbond substituents is 3. The Labute approximate surface area is 179 Å². The van der Waals surface area contributed by atoms with Crippen LogP contribution in [-0.4, -0.2) is 39.0 Å². The van der Waals surface area contributed by atoms with Crippen LogP contribution < -0.4 is 4.74 Å². The first kappa shape index (κ1) is 25.7. The van der Waals surface area contributed by atoms with Crippen LogP contribution in [0.1, 0.15) is 24.0 Å². The quantitative estimate of drug-likeness (QED) is 0.343. The van der Waals surface area contributed by atoms with Gasteiger partial charge in [-0.25, -0.2) is 0 Å². The van der Waals surface area contributed by atoms with Crippen LogP contribution in [0.3, 0.4) is 0 Å². The molecule has 0 fully saturated rings. The van der Waals surface area contributed by atoms with Gasteiger partial charge in [-0.3, -0.25) is 0 Å². The fraction of sp³-hybridized carbons (Fsp3) is 0.400. The molecule has 0 saturated heterocycles. The van der Waals surface area contributed by atoms with Crippen LogP contribution in [0.2, 0.25) is 0 Å². The maximum atomic E-state index is 9.24. The molecule has 2 aromatic rings. The maximum absolute atomic E-state index is 9.24. The molecule has 0 unspecified atom stereocenters. The third-order valence-electron chi connectivity index (χ3n) is 2.90. The molecule has 0 aliphatic carbocycles. The van der Waals surface area contributed by atoms with Crippen molar-refractivity contribution < 1.29 is 20.1 Å². The highest BCUT2D eigenvalue weighted by atomic mass is 79.9. The highest BCUT2D eigenvalue weighted by Crippen LogP contribution is 2.21. The number of hydrogen-bond donors (Lipinski definition) is 3. The zero-order valence-corrected chi connectivity index (χ0v) is 18.7. The van der Waals surface area contributed by atoms with Crippen LogP contribution >= 0.6 is 39.1 Å². The maximum Gasteiger partial charge on any atom is 0.123 e. The largest absolute Gasteiger partial charge is 0.508 e. The first-order chi connectivity index (χ1) is 12.8. The minimum atomic E-state index is 0.104. The van der Waals surface area contributed by atoms with Crippen LogP contribution in [0.25, 0.3) is 0 Å². The lowest BCUT2D eigenvalue weighted by molar-refractivity contribution is 0.316. The molecule has 2 aromatic carbocycles. The lowest BCUT2D eigenvalue weighted by atomic mass is 10.2. The first-order valence-electron chi connectivity index (χ1n) is 8.43. The van der Waals surface area contributed by atoms with Crippen molar-refractivity contribution in [2.24, 2.45) is 0 Å². The van der Waals surface area contributed by atoms with Gasteiger partial charge in [-0.2, -0.15) is 0 Å². The molecule has 0 spiro atoms. The fourth-order valence-electron chi connectivity index (χ4n) is 1.85. The summed E-state index contributed by atoms with van der Waals surface area (Å²) in [5.74, 6) is 2.51. The molecule has 0 radical (unpaired) electrons. The van der Waals surface area contributed by atoms with E-state index in [1.165, 1.54) is 6.07 Å². The molecule has 2 rings (SSSR count). The summed E-state index contributed by atoms with van der Waals surface area (Å²) in [6.07, 6.45) is 1.89. The fourth-order valence-corrected chi connectivity index (χ4v) is 2.70. The van der Waals surface area contributed by atoms with Gasteiger partial charge < -0.3 is 20.1 Å². The van der Waals surface area contributed by atoms with Gasteiger partial charge in [0.1, 0.15) is 23.0 Å². The van der Waals surface area contributed by atoms with Gasteiger partial charge in [0.05, 0.1) is 6.61 Å². The van der Waals surface area contributed by atoms with Crippen LogP contribution in [0.5, 0.6) is 23.0 Å². The Kier molecular flexibility index (Phi) is 15.0. The number of benzene rings is 2. The van der Waals surface area contributed by atoms with E-state index in [0.29, 0.717) is 18.2 Å². The molecule has 27 heavy (non-hydrogen) atoms. The van der Waals surface area contributed by atoms with Gasteiger partial charge in [0.15, 0.2) is 0 Å². The number of phenols is 3. The molecule has 0 atom stereocenters. The summed E-state index contributed by atoms with van der Waals surface area (Å²) < 4.78 is 5.36. The molecule has 0 heterocycles. The van der Waals surface area contributed by atoms with Crippen LogP contribution in [0.15, 0.2) is 36.4 Å². The van der Waals surface area contributed by atoms with E-state index in [0.717, 1.165) is 35.2 Å². The van der Waals surface area contributed by atoms with Crippen LogP contribution in [0.4, 0.5) is 0 Å². The number of halogens is 3. The third-order valence-corrected chi connectivity index (χ3v) is 3.99. The Balaban J connectivity index is 0.000000419. The molecule has 0 saturated carbocycles. The van der Waals surface area contributed by atoms with E-state index in [4.69, 9.17) is 38.2 Å². The minimum Gasteiger partial charge on any atom is -0.508 e. The number of rotatable bonds is 6. The van der Waals surface area contributed by atoms with Crippen molar-refractivity contribution in [2.45, 2.75) is 26.7 Å². The van der Waals surface area contributed by atoms with Crippen LogP contribution in [-0.2, 0) is 0 Å². The van der Waals surface area contributed by atoms with Crippen molar-refractivity contribution >= 4 is 39.1 Å². The molecule has 0 amide bonds. The number of alkyl halides is 3. The second-order valence-corrected chi connectivity index (χ2v) is 7.20. The Hall–Kier alpha value is -1.30. The van der Waals surface area contributed by atoms with Gasteiger partial charge in [0.2, 0.25) is 0 Å². The monoisotopic (exact) mass is 480 g/mol. The second kappa shape index (κ2) is 15.7. The molecule has 4 nitrogen and oxygen atoms in total. The summed E-state index contributed by atoms with van der Waals surface area (Å²) in [5.41, 5.74) is 1.84. The Morgan fingerprint density at radius 3 is 1.63 bits per heavy atom. The predicted octanol–water partition coefficient (Wildman–Crippen LogP) is 6.12. The Morgan fingerprint density at radius 2 is 1.26 bits per heavy atom. The SMILES string of the molecule is Cc1cc(O)cc(O)c1.Cc1cc(O)cc(OCCCCl)c1.ClCCCBr. The zero-order chi connectivity index (χ0) is 20.7. The van der Waals surface area contributed by atoms with Crippen molar-refractivity contribution in [2.75, 3.05) is 23.7 Å². The lowest BCUT2D eigenvalue weighted by Gasteiger charge is -2.06. The van der Waals surface area contributed by atoms with E-state index in [9.17, 15) is 5.11 Å². The smallest absolute Gasteiger partial charge is 0.123 e. The highest BCUT2D eigenvalue weighted by molar-refractivity contribution is 9.09. The van der Waals surface area contributed by atoms with Crippen molar-refractivity contribution in [1.82, 2.24) is 0 Å². The summed E-state index contributed by atoms with van der Waals surface area (Å²) in [4.78, 5) is 0. The van der Waals surface area contributed by atoms with E-state index in [-0.39, 0.29) is 17.2 Å². The lowest BCUT2D eigenvalue weighted by Crippen LogP contribution is -1.97. The van der Waals surface area contributed by atoms with E-state index < -0.39 is 0 Å². The molecule has 0 aliphatic heterocycles. The summed E-state index contributed by atoms with van der Waals surface area (Å²) in [6, 6.07) is 9.63. The average Bonchev–Trinajstić information content (AvgIpc) is 2.55. The van der Waals surface area contributed by atoms with Crippen LogP contribution in [0, 0.1) is 13.8 Å². The van der Waals surface area contributed by atoms with Gasteiger partial charge >= 0.3 is 0 Å². The summed E-state index contributed by atoms with van der Waals surface area (Å²) in [6.45, 7) is 4.31. The number of ether oxygens (including phenoxy) is 1. The Bertz CT molecular complexity index is 581. The zero-order valence-electron chi connectivity index (χ0n) is 15.6. The van der Waals surface area contributed by atoms with E-state index in [2.05, 4.69) is 15.9 Å². The molecule has 152 valence electrons. The second-order valence-electron chi connectivity index (χ2n) is 5.65. The van der Waals surface area contributed by atoms with E-state index in [1.54, 1.807) is 31.2 Å². The summed E-state index contributed by atoms with van der Waals surface area (Å²) in [7, 11) is 0. The standard InChI is InChI=1S/C10H13ClO2.C7H8O2.C3H6BrCl/c1-8-5-9(12)7-10(6-8)13-4-2-3-11;1-5-2-6(8)4-7(9)3-5;4-2-1-3-5/h5-7,12H,2-4H2,1H3;2-4,8-9H,1H3;1-3H2. The predicted molar refractivity (Wildman–Crippen MR) is 117 cm³/mol. The van der Waals surface area contributed by atoms with Crippen molar-refractivity contribution in [3.05, 3.63) is 47.5 Å². The molecule has 0 bridgehead atoms. The van der Waals surface area contributed by atoms with E-state index in [1.807, 2.05) is 13.0 Å². The van der Waals surface area contributed by atoms with Gasteiger partial charge in [-0.15, -0.1) is 23.2 Å². The van der Waals surface area contributed by atoms with Crippen molar-refractivity contribution in [3.63, 3.8) is 0 Å². The van der Waals surface area contributed by atoms with Crippen molar-refractivity contribution in [3.8, 4) is 23.0 Å². The number of aryl methyl sites for hydroxylation is 2. The Morgan fingerprint density at radius 1 is 0.778 bits per heavy atom. The summed E-state index contributed by atoms with van der Waals surface area (Å²) in [5, 5.41) is 27.9.